The predicted octanol–water partition coefficient (Wildman–Crippen LogP) is 5.92. The maximum absolute atomic E-state index is 6.46. The SMILES string of the molecule is CC1(C)CC2(CN(Cc3ccc(Br)cc3)CCO2)c2cc(Br)ccc2O1.Cl. The zero-order chi connectivity index (χ0) is 18.4. The second kappa shape index (κ2) is 8.03. The molecule has 2 aromatic rings. The second-order valence-corrected chi connectivity index (χ2v) is 9.69. The molecular weight excluding hydrogens is 493 g/mol. The van der Waals surface area contributed by atoms with E-state index < -0.39 is 0 Å². The summed E-state index contributed by atoms with van der Waals surface area (Å²) in [6, 6.07) is 14.8. The molecule has 0 radical (unpaired) electrons. The Morgan fingerprint density at radius 2 is 1.74 bits per heavy atom. The van der Waals surface area contributed by atoms with E-state index in [4.69, 9.17) is 9.47 Å². The summed E-state index contributed by atoms with van der Waals surface area (Å²) in [5, 5.41) is 0. The smallest absolute Gasteiger partial charge is 0.126 e. The average Bonchev–Trinajstić information content (AvgIpc) is 2.57. The zero-order valence-corrected chi connectivity index (χ0v) is 19.5. The van der Waals surface area contributed by atoms with Crippen LogP contribution < -0.4 is 4.74 Å². The van der Waals surface area contributed by atoms with Crippen LogP contribution in [0.2, 0.25) is 0 Å². The lowest BCUT2D eigenvalue weighted by atomic mass is 9.79. The molecule has 1 saturated heterocycles. The van der Waals surface area contributed by atoms with Crippen molar-refractivity contribution in [2.45, 2.75) is 38.0 Å². The summed E-state index contributed by atoms with van der Waals surface area (Å²) in [6.45, 7) is 7.79. The Balaban J connectivity index is 0.00000210. The van der Waals surface area contributed by atoms with Crippen molar-refractivity contribution >= 4 is 44.3 Å². The highest BCUT2D eigenvalue weighted by Crippen LogP contribution is 2.48. The van der Waals surface area contributed by atoms with Gasteiger partial charge in [0, 0.05) is 40.6 Å². The van der Waals surface area contributed by atoms with Crippen LogP contribution >= 0.6 is 44.3 Å². The van der Waals surface area contributed by atoms with E-state index >= 15 is 0 Å². The highest BCUT2D eigenvalue weighted by molar-refractivity contribution is 9.10. The van der Waals surface area contributed by atoms with Crippen molar-refractivity contribution in [3.8, 4) is 5.75 Å². The number of benzene rings is 2. The van der Waals surface area contributed by atoms with Crippen molar-refractivity contribution in [2.24, 2.45) is 0 Å². The van der Waals surface area contributed by atoms with Gasteiger partial charge in [-0.05, 0) is 49.7 Å². The molecule has 146 valence electrons. The van der Waals surface area contributed by atoms with Crippen LogP contribution in [0.25, 0.3) is 0 Å². The van der Waals surface area contributed by atoms with Crippen LogP contribution in [0.5, 0.6) is 5.75 Å². The first kappa shape index (κ1) is 21.1. The highest BCUT2D eigenvalue weighted by atomic mass is 79.9. The standard InChI is InChI=1S/C21H23Br2NO2.ClH/c1-20(2)13-21(18-11-17(23)7-8-19(18)26-20)14-24(9-10-25-21)12-15-3-5-16(22)6-4-15;/h3-8,11H,9-10,12-14H2,1-2H3;1H. The number of hydrogen-bond donors (Lipinski definition) is 0. The molecule has 2 aliphatic heterocycles. The van der Waals surface area contributed by atoms with Gasteiger partial charge >= 0.3 is 0 Å². The number of hydrogen-bond acceptors (Lipinski definition) is 3. The number of morpholine rings is 1. The summed E-state index contributed by atoms with van der Waals surface area (Å²) in [6.07, 6.45) is 0.848. The molecule has 0 amide bonds. The van der Waals surface area contributed by atoms with Crippen LogP contribution in [0.3, 0.4) is 0 Å². The molecule has 3 nitrogen and oxygen atoms in total. The summed E-state index contributed by atoms with van der Waals surface area (Å²) in [7, 11) is 0. The Kier molecular flexibility index (Phi) is 6.29. The quantitative estimate of drug-likeness (QED) is 0.494. The van der Waals surface area contributed by atoms with E-state index in [0.717, 1.165) is 52.9 Å². The van der Waals surface area contributed by atoms with Gasteiger partial charge < -0.3 is 9.47 Å². The highest BCUT2D eigenvalue weighted by Gasteiger charge is 2.48. The minimum absolute atomic E-state index is 0. The Morgan fingerprint density at radius 3 is 2.48 bits per heavy atom. The summed E-state index contributed by atoms with van der Waals surface area (Å²) in [4.78, 5) is 2.50. The minimum Gasteiger partial charge on any atom is -0.487 e. The average molecular weight is 518 g/mol. The molecule has 4 rings (SSSR count). The molecule has 1 spiro atoms. The molecule has 0 aromatic heterocycles. The predicted molar refractivity (Wildman–Crippen MR) is 118 cm³/mol. The van der Waals surface area contributed by atoms with E-state index in [2.05, 4.69) is 87.0 Å². The molecule has 1 unspecified atom stereocenters. The zero-order valence-electron chi connectivity index (χ0n) is 15.5. The number of ether oxygens (including phenoxy) is 2. The number of fused-ring (bicyclic) bond motifs is 2. The van der Waals surface area contributed by atoms with Crippen LogP contribution in [0.4, 0.5) is 0 Å². The van der Waals surface area contributed by atoms with Gasteiger partial charge in [-0.25, -0.2) is 0 Å². The Hall–Kier alpha value is -0.590. The third-order valence-electron chi connectivity index (χ3n) is 5.11. The van der Waals surface area contributed by atoms with Gasteiger partial charge in [0.15, 0.2) is 0 Å². The van der Waals surface area contributed by atoms with E-state index in [-0.39, 0.29) is 23.6 Å². The van der Waals surface area contributed by atoms with Crippen molar-refractivity contribution in [3.63, 3.8) is 0 Å². The van der Waals surface area contributed by atoms with Crippen LogP contribution in [0.1, 0.15) is 31.4 Å². The molecule has 0 bridgehead atoms. The fraction of sp³-hybridized carbons (Fsp3) is 0.429. The normalized spacial score (nSPS) is 24.0. The van der Waals surface area contributed by atoms with Gasteiger partial charge in [-0.3, -0.25) is 4.90 Å². The first-order valence-electron chi connectivity index (χ1n) is 8.95. The van der Waals surface area contributed by atoms with Crippen LogP contribution in [-0.2, 0) is 16.9 Å². The van der Waals surface area contributed by atoms with Crippen LogP contribution in [0, 0.1) is 0 Å². The topological polar surface area (TPSA) is 21.7 Å². The van der Waals surface area contributed by atoms with Crippen molar-refractivity contribution in [3.05, 3.63) is 62.5 Å². The van der Waals surface area contributed by atoms with Crippen molar-refractivity contribution in [1.82, 2.24) is 4.90 Å². The summed E-state index contributed by atoms with van der Waals surface area (Å²) in [5.41, 5.74) is 1.91. The van der Waals surface area contributed by atoms with Gasteiger partial charge in [-0.1, -0.05) is 44.0 Å². The van der Waals surface area contributed by atoms with Crippen molar-refractivity contribution in [2.75, 3.05) is 19.7 Å². The van der Waals surface area contributed by atoms with E-state index in [0.29, 0.717) is 0 Å². The molecule has 6 heteroatoms. The van der Waals surface area contributed by atoms with Crippen molar-refractivity contribution < 1.29 is 9.47 Å². The number of rotatable bonds is 2. The van der Waals surface area contributed by atoms with Gasteiger partial charge in [0.05, 0.1) is 6.61 Å². The van der Waals surface area contributed by atoms with Crippen LogP contribution in [-0.4, -0.2) is 30.2 Å². The molecule has 1 atom stereocenters. The van der Waals surface area contributed by atoms with Crippen molar-refractivity contribution in [1.29, 1.82) is 0 Å². The molecule has 0 N–H and O–H groups in total. The summed E-state index contributed by atoms with van der Waals surface area (Å²) >= 11 is 7.13. The fourth-order valence-corrected chi connectivity index (χ4v) is 4.80. The van der Waals surface area contributed by atoms with Gasteiger partial charge in [-0.15, -0.1) is 12.4 Å². The Labute approximate surface area is 184 Å². The van der Waals surface area contributed by atoms with E-state index in [1.54, 1.807) is 0 Å². The lowest BCUT2D eigenvalue weighted by molar-refractivity contribution is -0.157. The molecule has 27 heavy (non-hydrogen) atoms. The summed E-state index contributed by atoms with van der Waals surface area (Å²) < 4.78 is 14.9. The maximum Gasteiger partial charge on any atom is 0.126 e. The lowest BCUT2D eigenvalue weighted by Gasteiger charge is -2.50. The first-order chi connectivity index (χ1) is 12.4. The first-order valence-corrected chi connectivity index (χ1v) is 10.5. The number of nitrogens with zero attached hydrogens (tertiary/aromatic N) is 1. The fourth-order valence-electron chi connectivity index (χ4n) is 4.17. The van der Waals surface area contributed by atoms with E-state index in [1.807, 2.05) is 6.07 Å². The Bertz CT molecular complexity index is 812. The molecule has 2 aromatic carbocycles. The van der Waals surface area contributed by atoms with Crippen LogP contribution in [0.15, 0.2) is 51.4 Å². The molecular formula is C21H24Br2ClNO2. The van der Waals surface area contributed by atoms with Gasteiger partial charge in [0.25, 0.3) is 0 Å². The third kappa shape index (κ3) is 4.54. The largest absolute Gasteiger partial charge is 0.487 e. The lowest BCUT2D eigenvalue weighted by Crippen LogP contribution is -2.55. The molecule has 2 aliphatic rings. The second-order valence-electron chi connectivity index (χ2n) is 7.86. The molecule has 0 saturated carbocycles. The monoisotopic (exact) mass is 515 g/mol. The number of halogens is 3. The maximum atomic E-state index is 6.46. The molecule has 2 heterocycles. The van der Waals surface area contributed by atoms with E-state index in [1.165, 1.54) is 5.56 Å². The van der Waals surface area contributed by atoms with Gasteiger partial charge in [-0.2, -0.15) is 0 Å². The molecule has 0 aliphatic carbocycles. The molecule has 1 fully saturated rings. The minimum atomic E-state index is -0.325. The van der Waals surface area contributed by atoms with Gasteiger partial charge in [0.2, 0.25) is 0 Å². The van der Waals surface area contributed by atoms with Gasteiger partial charge in [0.1, 0.15) is 17.0 Å². The summed E-state index contributed by atoms with van der Waals surface area (Å²) in [5.74, 6) is 0.940. The third-order valence-corrected chi connectivity index (χ3v) is 6.14. The Morgan fingerprint density at radius 1 is 1.04 bits per heavy atom. The van der Waals surface area contributed by atoms with E-state index in [9.17, 15) is 0 Å².